The molecule has 0 aliphatic carbocycles. The van der Waals surface area contributed by atoms with E-state index in [0.717, 1.165) is 31.2 Å². The van der Waals surface area contributed by atoms with Crippen molar-refractivity contribution >= 4 is 17.5 Å². The Hall–Kier alpha value is -1.14. The van der Waals surface area contributed by atoms with Gasteiger partial charge in [-0.25, -0.2) is 0 Å². The number of nitrogens with one attached hydrogen (secondary N) is 2. The summed E-state index contributed by atoms with van der Waals surface area (Å²) in [6.07, 6.45) is 0. The van der Waals surface area contributed by atoms with Crippen LogP contribution in [0.1, 0.15) is 32.4 Å². The summed E-state index contributed by atoms with van der Waals surface area (Å²) in [5.74, 6) is 0.637. The maximum absolute atomic E-state index is 12.6. The van der Waals surface area contributed by atoms with Crippen molar-refractivity contribution < 1.29 is 9.53 Å². The second-order valence-corrected chi connectivity index (χ2v) is 8.53. The van der Waals surface area contributed by atoms with E-state index in [4.69, 9.17) is 16.3 Å². The molecular formula is C20H30ClN3O2. The molecule has 0 saturated carbocycles. The van der Waals surface area contributed by atoms with Crippen LogP contribution in [-0.2, 0) is 9.53 Å². The van der Waals surface area contributed by atoms with E-state index in [1.165, 1.54) is 5.56 Å². The topological polar surface area (TPSA) is 53.6 Å². The molecule has 0 bridgehead atoms. The van der Waals surface area contributed by atoms with Gasteiger partial charge in [-0.2, -0.15) is 0 Å². The summed E-state index contributed by atoms with van der Waals surface area (Å²) in [4.78, 5) is 15.0. The van der Waals surface area contributed by atoms with E-state index in [-0.39, 0.29) is 23.5 Å². The zero-order valence-electron chi connectivity index (χ0n) is 15.9. The molecule has 2 fully saturated rings. The zero-order valence-corrected chi connectivity index (χ0v) is 16.7. The fourth-order valence-electron chi connectivity index (χ4n) is 3.70. The van der Waals surface area contributed by atoms with E-state index in [1.807, 2.05) is 19.1 Å². The molecule has 1 amide bonds. The standard InChI is InChI=1S/C20H30ClN3O2/c1-14(16-10-22-11-16)19(25)23-12-18(15-4-6-17(21)7-5-15)24-8-9-26-20(2,3)13-24/h4-7,14,16,18,22H,8-13H2,1-3H3,(H,23,25). The van der Waals surface area contributed by atoms with Gasteiger partial charge in [0, 0.05) is 30.6 Å². The number of hydrogen-bond donors (Lipinski definition) is 2. The predicted octanol–water partition coefficient (Wildman–Crippen LogP) is 2.46. The predicted molar refractivity (Wildman–Crippen MR) is 104 cm³/mol. The van der Waals surface area contributed by atoms with E-state index in [1.54, 1.807) is 0 Å². The van der Waals surface area contributed by atoms with Crippen molar-refractivity contribution in [2.45, 2.75) is 32.4 Å². The van der Waals surface area contributed by atoms with Gasteiger partial charge in [0.2, 0.25) is 5.91 Å². The Morgan fingerprint density at radius 3 is 2.65 bits per heavy atom. The fourth-order valence-corrected chi connectivity index (χ4v) is 3.82. The molecule has 6 heteroatoms. The van der Waals surface area contributed by atoms with Crippen molar-refractivity contribution in [2.75, 3.05) is 39.3 Å². The minimum Gasteiger partial charge on any atom is -0.373 e. The quantitative estimate of drug-likeness (QED) is 0.797. The van der Waals surface area contributed by atoms with Gasteiger partial charge in [0.25, 0.3) is 0 Å². The van der Waals surface area contributed by atoms with Crippen molar-refractivity contribution in [3.05, 3.63) is 34.9 Å². The number of rotatable bonds is 6. The van der Waals surface area contributed by atoms with Crippen molar-refractivity contribution in [1.82, 2.24) is 15.5 Å². The lowest BCUT2D eigenvalue weighted by atomic mass is 9.88. The van der Waals surface area contributed by atoms with Crippen molar-refractivity contribution in [3.63, 3.8) is 0 Å². The highest BCUT2D eigenvalue weighted by Gasteiger charge is 2.33. The lowest BCUT2D eigenvalue weighted by Crippen LogP contribution is -2.53. The molecule has 2 saturated heterocycles. The molecule has 2 N–H and O–H groups in total. The molecule has 1 aromatic rings. The molecule has 0 spiro atoms. The van der Waals surface area contributed by atoms with E-state index in [0.29, 0.717) is 19.1 Å². The second-order valence-electron chi connectivity index (χ2n) is 8.10. The number of morpholine rings is 1. The number of halogens is 1. The van der Waals surface area contributed by atoms with Crippen molar-refractivity contribution in [3.8, 4) is 0 Å². The lowest BCUT2D eigenvalue weighted by molar-refractivity contribution is -0.127. The SMILES string of the molecule is CC(C(=O)NCC(c1ccc(Cl)cc1)N1CCOC(C)(C)C1)C1CNC1. The number of amides is 1. The molecule has 2 heterocycles. The molecule has 26 heavy (non-hydrogen) atoms. The monoisotopic (exact) mass is 379 g/mol. The molecule has 1 aromatic carbocycles. The summed E-state index contributed by atoms with van der Waals surface area (Å²) in [6.45, 7) is 11.1. The smallest absolute Gasteiger partial charge is 0.223 e. The summed E-state index contributed by atoms with van der Waals surface area (Å²) >= 11 is 6.06. The van der Waals surface area contributed by atoms with Gasteiger partial charge in [-0.15, -0.1) is 0 Å². The molecular weight excluding hydrogens is 350 g/mol. The van der Waals surface area contributed by atoms with Gasteiger partial charge in [0.1, 0.15) is 0 Å². The second kappa shape index (κ2) is 8.26. The Labute approximate surface area is 161 Å². The molecule has 2 aliphatic rings. The summed E-state index contributed by atoms with van der Waals surface area (Å²) in [5, 5.41) is 7.15. The Morgan fingerprint density at radius 1 is 1.38 bits per heavy atom. The summed E-state index contributed by atoms with van der Waals surface area (Å²) in [6, 6.07) is 8.06. The number of benzene rings is 1. The van der Waals surface area contributed by atoms with Gasteiger partial charge in [0.15, 0.2) is 0 Å². The third kappa shape index (κ3) is 4.77. The van der Waals surface area contributed by atoms with Crippen LogP contribution < -0.4 is 10.6 Å². The minimum absolute atomic E-state index is 0.0447. The van der Waals surface area contributed by atoms with Crippen LogP contribution in [0.4, 0.5) is 0 Å². The van der Waals surface area contributed by atoms with Crippen LogP contribution in [0.15, 0.2) is 24.3 Å². The van der Waals surface area contributed by atoms with Crippen LogP contribution in [0.25, 0.3) is 0 Å². The molecule has 0 aromatic heterocycles. The number of hydrogen-bond acceptors (Lipinski definition) is 4. The first-order chi connectivity index (χ1) is 12.4. The van der Waals surface area contributed by atoms with Crippen molar-refractivity contribution in [2.24, 2.45) is 11.8 Å². The Kier molecular flexibility index (Phi) is 6.23. The summed E-state index contributed by atoms with van der Waals surface area (Å²) in [5.41, 5.74) is 0.989. The Morgan fingerprint density at radius 2 is 2.08 bits per heavy atom. The maximum Gasteiger partial charge on any atom is 0.223 e. The molecule has 0 radical (unpaired) electrons. The van der Waals surface area contributed by atoms with Crippen LogP contribution in [-0.4, -0.2) is 55.7 Å². The highest BCUT2D eigenvalue weighted by molar-refractivity contribution is 6.30. The minimum atomic E-state index is -0.183. The van der Waals surface area contributed by atoms with Crippen LogP contribution in [0.3, 0.4) is 0 Å². The number of carbonyl (C=O) groups excluding carboxylic acids is 1. The molecule has 144 valence electrons. The van der Waals surface area contributed by atoms with Crippen molar-refractivity contribution in [1.29, 1.82) is 0 Å². The lowest BCUT2D eigenvalue weighted by Gasteiger charge is -2.42. The van der Waals surface area contributed by atoms with Gasteiger partial charge in [-0.1, -0.05) is 30.7 Å². The van der Waals surface area contributed by atoms with Crippen LogP contribution in [0.2, 0.25) is 5.02 Å². The average molecular weight is 380 g/mol. The summed E-state index contributed by atoms with van der Waals surface area (Å²) in [7, 11) is 0. The molecule has 2 atom stereocenters. The third-order valence-electron chi connectivity index (χ3n) is 5.55. The molecule has 2 aliphatic heterocycles. The van der Waals surface area contributed by atoms with Gasteiger partial charge in [0.05, 0.1) is 18.2 Å². The molecule has 2 unspecified atom stereocenters. The fraction of sp³-hybridized carbons (Fsp3) is 0.650. The third-order valence-corrected chi connectivity index (χ3v) is 5.81. The molecule has 5 nitrogen and oxygen atoms in total. The van der Waals surface area contributed by atoms with Gasteiger partial charge < -0.3 is 15.4 Å². The van der Waals surface area contributed by atoms with Crippen LogP contribution in [0, 0.1) is 11.8 Å². The summed E-state index contributed by atoms with van der Waals surface area (Å²) < 4.78 is 5.86. The first kappa shape index (κ1) is 19.6. The zero-order chi connectivity index (χ0) is 18.7. The molecule has 3 rings (SSSR count). The maximum atomic E-state index is 12.6. The first-order valence-corrected chi connectivity index (χ1v) is 9.85. The largest absolute Gasteiger partial charge is 0.373 e. The van der Waals surface area contributed by atoms with E-state index < -0.39 is 0 Å². The number of nitrogens with zero attached hydrogens (tertiary/aromatic N) is 1. The van der Waals surface area contributed by atoms with E-state index in [9.17, 15) is 4.79 Å². The van der Waals surface area contributed by atoms with Crippen LogP contribution in [0.5, 0.6) is 0 Å². The van der Waals surface area contributed by atoms with Gasteiger partial charge >= 0.3 is 0 Å². The van der Waals surface area contributed by atoms with E-state index in [2.05, 4.69) is 41.5 Å². The Bertz CT molecular complexity index is 616. The number of ether oxygens (including phenoxy) is 1. The average Bonchev–Trinajstić information content (AvgIpc) is 2.54. The van der Waals surface area contributed by atoms with Gasteiger partial charge in [-0.3, -0.25) is 9.69 Å². The highest BCUT2D eigenvalue weighted by atomic mass is 35.5. The van der Waals surface area contributed by atoms with Crippen LogP contribution >= 0.6 is 11.6 Å². The van der Waals surface area contributed by atoms with Gasteiger partial charge in [-0.05, 0) is 50.6 Å². The first-order valence-electron chi connectivity index (χ1n) is 9.47. The van der Waals surface area contributed by atoms with E-state index >= 15 is 0 Å². The number of carbonyl (C=O) groups is 1. The normalized spacial score (nSPS) is 23.1. The Balaban J connectivity index is 1.70. The highest BCUT2D eigenvalue weighted by Crippen LogP contribution is 2.27.